The van der Waals surface area contributed by atoms with Crippen LogP contribution >= 0.6 is 8.38 Å². The van der Waals surface area contributed by atoms with E-state index in [1.54, 1.807) is 0 Å². The van der Waals surface area contributed by atoms with Gasteiger partial charge in [-0.1, -0.05) is 20.3 Å². The lowest BCUT2D eigenvalue weighted by molar-refractivity contribution is 0.462. The molecule has 1 unspecified atom stereocenters. The van der Waals surface area contributed by atoms with Crippen LogP contribution in [0.2, 0.25) is 0 Å². The topological polar surface area (TPSA) is 40.5 Å². The highest BCUT2D eigenvalue weighted by Crippen LogP contribution is 2.32. The lowest BCUT2D eigenvalue weighted by Crippen LogP contribution is -1.96. The molecule has 0 aromatic rings. The fraction of sp³-hybridized carbons (Fsp3) is 1.00. The molecule has 0 heterocycles. The van der Waals surface area contributed by atoms with Gasteiger partial charge in [-0.3, -0.25) is 0 Å². The second-order valence-electron chi connectivity index (χ2n) is 1.96. The predicted molar refractivity (Wildman–Crippen MR) is 35.7 cm³/mol. The summed E-state index contributed by atoms with van der Waals surface area (Å²) in [5.74, 6) is 0. The summed E-state index contributed by atoms with van der Waals surface area (Å²) in [5, 5.41) is 0. The highest BCUT2D eigenvalue weighted by molar-refractivity contribution is 7.45. The van der Waals surface area contributed by atoms with Crippen LogP contribution in [0.15, 0.2) is 0 Å². The molecule has 0 aliphatic heterocycles. The van der Waals surface area contributed by atoms with Crippen molar-refractivity contribution >= 4 is 8.38 Å². The first-order valence-electron chi connectivity index (χ1n) is 2.85. The Balaban J connectivity index is 3.17. The zero-order valence-electron chi connectivity index (χ0n) is 5.33. The average molecular weight is 136 g/mol. The van der Waals surface area contributed by atoms with Gasteiger partial charge >= 0.3 is 0 Å². The predicted octanol–water partition coefficient (Wildman–Crippen LogP) is 1.47. The van der Waals surface area contributed by atoms with E-state index in [0.29, 0.717) is 0 Å². The van der Waals surface area contributed by atoms with Crippen LogP contribution in [0, 0.1) is 0 Å². The van der Waals surface area contributed by atoms with E-state index in [0.717, 1.165) is 12.8 Å². The summed E-state index contributed by atoms with van der Waals surface area (Å²) in [7, 11) is -1.67. The van der Waals surface area contributed by atoms with E-state index in [4.69, 9.17) is 9.79 Å². The van der Waals surface area contributed by atoms with Gasteiger partial charge in [0, 0.05) is 5.66 Å². The van der Waals surface area contributed by atoms with Gasteiger partial charge in [0.15, 0.2) is 8.38 Å². The Hall–Kier alpha value is 0.350. The largest absolute Gasteiger partial charge is 0.350 e. The van der Waals surface area contributed by atoms with Crippen molar-refractivity contribution in [3.63, 3.8) is 0 Å². The Morgan fingerprint density at radius 3 is 2.12 bits per heavy atom. The zero-order valence-corrected chi connectivity index (χ0v) is 6.23. The van der Waals surface area contributed by atoms with Crippen molar-refractivity contribution in [3.05, 3.63) is 0 Å². The number of hydrogen-bond acceptors (Lipinski definition) is 2. The molecule has 0 aliphatic carbocycles. The van der Waals surface area contributed by atoms with Crippen LogP contribution in [-0.2, 0) is 0 Å². The monoisotopic (exact) mass is 136 g/mol. The fourth-order valence-corrected chi connectivity index (χ4v) is 1.02. The van der Waals surface area contributed by atoms with Crippen molar-refractivity contribution in [3.8, 4) is 0 Å². The van der Waals surface area contributed by atoms with Gasteiger partial charge < -0.3 is 9.79 Å². The molecule has 2 nitrogen and oxygen atoms in total. The maximum atomic E-state index is 8.57. The van der Waals surface area contributed by atoms with Gasteiger partial charge in [0.05, 0.1) is 0 Å². The first kappa shape index (κ1) is 8.35. The minimum absolute atomic E-state index is 0.0926. The third-order valence-corrected chi connectivity index (χ3v) is 2.15. The first-order chi connectivity index (χ1) is 3.68. The average Bonchev–Trinajstić information content (AvgIpc) is 1.67. The lowest BCUT2D eigenvalue weighted by Gasteiger charge is -2.09. The molecule has 0 saturated carbocycles. The van der Waals surface area contributed by atoms with Crippen LogP contribution in [0.4, 0.5) is 0 Å². The SMILES string of the molecule is CCCC(C)P(O)O. The molecule has 0 fully saturated rings. The van der Waals surface area contributed by atoms with E-state index in [2.05, 4.69) is 0 Å². The second-order valence-corrected chi connectivity index (χ2v) is 3.48. The molecule has 50 valence electrons. The van der Waals surface area contributed by atoms with Crippen molar-refractivity contribution < 1.29 is 9.79 Å². The summed E-state index contributed by atoms with van der Waals surface area (Å²) in [4.78, 5) is 17.1. The third-order valence-electron chi connectivity index (χ3n) is 1.10. The van der Waals surface area contributed by atoms with Gasteiger partial charge in [-0.05, 0) is 6.42 Å². The van der Waals surface area contributed by atoms with Gasteiger partial charge in [0.25, 0.3) is 0 Å². The Morgan fingerprint density at radius 2 is 2.00 bits per heavy atom. The zero-order chi connectivity index (χ0) is 6.57. The molecule has 0 bridgehead atoms. The highest BCUT2D eigenvalue weighted by atomic mass is 31.2. The molecule has 8 heavy (non-hydrogen) atoms. The van der Waals surface area contributed by atoms with Gasteiger partial charge in [0.2, 0.25) is 0 Å². The smallest absolute Gasteiger partial charge is 0.167 e. The summed E-state index contributed by atoms with van der Waals surface area (Å²) in [6, 6.07) is 0. The van der Waals surface area contributed by atoms with Crippen molar-refractivity contribution in [2.24, 2.45) is 0 Å². The molecule has 0 amide bonds. The summed E-state index contributed by atoms with van der Waals surface area (Å²) < 4.78 is 0. The van der Waals surface area contributed by atoms with E-state index in [9.17, 15) is 0 Å². The normalized spacial score (nSPS) is 14.6. The van der Waals surface area contributed by atoms with E-state index < -0.39 is 8.38 Å². The third kappa shape index (κ3) is 3.36. The second kappa shape index (κ2) is 4.25. The molecule has 1 atom stereocenters. The van der Waals surface area contributed by atoms with Gasteiger partial charge in [-0.25, -0.2) is 0 Å². The standard InChI is InChI=1S/C5H13O2P/c1-3-4-5(2)8(6)7/h5-7H,3-4H2,1-2H3. The van der Waals surface area contributed by atoms with Gasteiger partial charge in [0.1, 0.15) is 0 Å². The maximum absolute atomic E-state index is 8.57. The maximum Gasteiger partial charge on any atom is 0.167 e. The minimum atomic E-state index is -1.67. The Bertz CT molecular complexity index is 56.4. The quantitative estimate of drug-likeness (QED) is 0.577. The summed E-state index contributed by atoms with van der Waals surface area (Å²) in [6.45, 7) is 3.89. The van der Waals surface area contributed by atoms with Crippen molar-refractivity contribution in [2.75, 3.05) is 0 Å². The lowest BCUT2D eigenvalue weighted by atomic mass is 10.3. The van der Waals surface area contributed by atoms with Crippen molar-refractivity contribution in [1.29, 1.82) is 0 Å². The van der Waals surface area contributed by atoms with E-state index >= 15 is 0 Å². The minimum Gasteiger partial charge on any atom is -0.350 e. The molecule has 2 N–H and O–H groups in total. The molecular weight excluding hydrogens is 123 g/mol. The van der Waals surface area contributed by atoms with Crippen LogP contribution in [0.3, 0.4) is 0 Å². The Morgan fingerprint density at radius 1 is 1.50 bits per heavy atom. The van der Waals surface area contributed by atoms with Crippen molar-refractivity contribution in [1.82, 2.24) is 0 Å². The van der Waals surface area contributed by atoms with Gasteiger partial charge in [-0.15, -0.1) is 0 Å². The molecule has 0 aliphatic rings. The highest BCUT2D eigenvalue weighted by Gasteiger charge is 2.08. The first-order valence-corrected chi connectivity index (χ1v) is 4.17. The summed E-state index contributed by atoms with van der Waals surface area (Å²) >= 11 is 0. The number of rotatable bonds is 3. The molecule has 0 spiro atoms. The van der Waals surface area contributed by atoms with E-state index in [-0.39, 0.29) is 5.66 Å². The van der Waals surface area contributed by atoms with Crippen LogP contribution in [0.25, 0.3) is 0 Å². The Labute approximate surface area is 51.5 Å². The van der Waals surface area contributed by atoms with Gasteiger partial charge in [-0.2, -0.15) is 0 Å². The van der Waals surface area contributed by atoms with E-state index in [1.165, 1.54) is 0 Å². The number of hydrogen-bond donors (Lipinski definition) is 2. The molecule has 0 aromatic heterocycles. The molecule has 0 saturated heterocycles. The Kier molecular flexibility index (Phi) is 4.44. The van der Waals surface area contributed by atoms with Crippen molar-refractivity contribution in [2.45, 2.75) is 32.3 Å². The van der Waals surface area contributed by atoms with Crippen LogP contribution in [0.5, 0.6) is 0 Å². The molecule has 0 aromatic carbocycles. The summed E-state index contributed by atoms with van der Waals surface area (Å²) in [5.41, 5.74) is 0.0926. The molecule has 0 radical (unpaired) electrons. The summed E-state index contributed by atoms with van der Waals surface area (Å²) in [6.07, 6.45) is 1.94. The molecule has 0 rings (SSSR count). The molecular formula is C5H13O2P. The fourth-order valence-electron chi connectivity index (χ4n) is 0.533. The van der Waals surface area contributed by atoms with Crippen LogP contribution in [-0.4, -0.2) is 15.4 Å². The van der Waals surface area contributed by atoms with E-state index in [1.807, 2.05) is 13.8 Å². The van der Waals surface area contributed by atoms with Crippen LogP contribution < -0.4 is 0 Å². The molecule has 3 heteroatoms. The van der Waals surface area contributed by atoms with Crippen LogP contribution in [0.1, 0.15) is 26.7 Å².